The second kappa shape index (κ2) is 6.78. The van der Waals surface area contributed by atoms with Crippen LogP contribution < -0.4 is 0 Å². The van der Waals surface area contributed by atoms with Crippen molar-refractivity contribution in [3.63, 3.8) is 0 Å². The van der Waals surface area contributed by atoms with Crippen LogP contribution in [0.2, 0.25) is 5.02 Å². The molecule has 0 spiro atoms. The summed E-state index contributed by atoms with van der Waals surface area (Å²) in [6, 6.07) is 9.32. The van der Waals surface area contributed by atoms with Crippen molar-refractivity contribution in [2.75, 3.05) is 0 Å². The van der Waals surface area contributed by atoms with E-state index >= 15 is 0 Å². The lowest BCUT2D eigenvalue weighted by Gasteiger charge is -2.07. The first-order valence-electron chi connectivity index (χ1n) is 7.64. The minimum Gasteiger partial charge on any atom is -0.325 e. The van der Waals surface area contributed by atoms with E-state index in [4.69, 9.17) is 11.6 Å². The van der Waals surface area contributed by atoms with Crippen molar-refractivity contribution >= 4 is 11.6 Å². The Balaban J connectivity index is 1.61. The van der Waals surface area contributed by atoms with Gasteiger partial charge in [0.05, 0.1) is 17.8 Å². The Bertz CT molecular complexity index is 965. The highest BCUT2D eigenvalue weighted by molar-refractivity contribution is 6.30. The van der Waals surface area contributed by atoms with Crippen molar-refractivity contribution in [2.24, 2.45) is 0 Å². The highest BCUT2D eigenvalue weighted by Gasteiger charge is 2.09. The van der Waals surface area contributed by atoms with Gasteiger partial charge in [0.25, 0.3) is 0 Å². The van der Waals surface area contributed by atoms with Crippen LogP contribution in [0.4, 0.5) is 0 Å². The Morgan fingerprint density at radius 1 is 0.840 bits per heavy atom. The maximum Gasteiger partial charge on any atom is 0.159 e. The molecule has 122 valence electrons. The maximum atomic E-state index is 5.91. The molecule has 25 heavy (non-hydrogen) atoms. The normalized spacial score (nSPS) is 10.8. The smallest absolute Gasteiger partial charge is 0.159 e. The Hall–Kier alpha value is -3.12. The van der Waals surface area contributed by atoms with Crippen molar-refractivity contribution in [2.45, 2.75) is 6.54 Å². The third-order valence-electron chi connectivity index (χ3n) is 3.70. The van der Waals surface area contributed by atoms with E-state index in [1.54, 1.807) is 24.8 Å². The van der Waals surface area contributed by atoms with E-state index in [1.165, 1.54) is 6.33 Å². The molecular formula is C18H13ClN6. The molecule has 0 saturated heterocycles. The van der Waals surface area contributed by atoms with Crippen LogP contribution in [0.1, 0.15) is 5.69 Å². The number of halogens is 1. The number of nitrogens with zero attached hydrogens (tertiary/aromatic N) is 6. The number of imidazole rings is 1. The molecule has 0 aliphatic carbocycles. The van der Waals surface area contributed by atoms with Gasteiger partial charge in [0.1, 0.15) is 12.2 Å². The van der Waals surface area contributed by atoms with Crippen LogP contribution in [0.3, 0.4) is 0 Å². The van der Waals surface area contributed by atoms with Gasteiger partial charge in [-0.05, 0) is 30.3 Å². The summed E-state index contributed by atoms with van der Waals surface area (Å²) in [6.07, 6.45) is 10.5. The molecule has 0 aliphatic rings. The van der Waals surface area contributed by atoms with Gasteiger partial charge in [0, 0.05) is 41.6 Å². The molecule has 0 saturated carbocycles. The molecule has 1 aromatic carbocycles. The molecule has 0 aliphatic heterocycles. The summed E-state index contributed by atoms with van der Waals surface area (Å²) in [5.41, 5.74) is 2.67. The van der Waals surface area contributed by atoms with Crippen LogP contribution in [-0.4, -0.2) is 29.5 Å². The van der Waals surface area contributed by atoms with Gasteiger partial charge < -0.3 is 4.57 Å². The zero-order chi connectivity index (χ0) is 17.1. The van der Waals surface area contributed by atoms with Gasteiger partial charge in [0.2, 0.25) is 0 Å². The summed E-state index contributed by atoms with van der Waals surface area (Å²) in [7, 11) is 0. The summed E-state index contributed by atoms with van der Waals surface area (Å²) in [6.45, 7) is 0.608. The number of rotatable bonds is 4. The Morgan fingerprint density at radius 3 is 2.36 bits per heavy atom. The van der Waals surface area contributed by atoms with E-state index in [1.807, 2.05) is 41.1 Å². The van der Waals surface area contributed by atoms with Gasteiger partial charge in [-0.2, -0.15) is 0 Å². The first kappa shape index (κ1) is 15.4. The monoisotopic (exact) mass is 348 g/mol. The fraction of sp³-hybridized carbons (Fsp3) is 0.0556. The van der Waals surface area contributed by atoms with E-state index < -0.39 is 0 Å². The summed E-state index contributed by atoms with van der Waals surface area (Å²) in [4.78, 5) is 21.5. The van der Waals surface area contributed by atoms with Crippen LogP contribution in [-0.2, 0) is 6.54 Å². The van der Waals surface area contributed by atoms with Crippen molar-refractivity contribution < 1.29 is 0 Å². The lowest BCUT2D eigenvalue weighted by atomic mass is 10.2. The third-order valence-corrected chi connectivity index (χ3v) is 3.96. The standard InChI is InChI=1S/C18H13ClN6/c19-15-3-1-13(2-4-15)17-22-9-14(10-23-17)18-21-7-8-25(18)11-16-5-6-20-12-24-16/h1-10,12H,11H2. The third kappa shape index (κ3) is 3.39. The zero-order valence-corrected chi connectivity index (χ0v) is 13.9. The molecule has 4 rings (SSSR count). The molecule has 0 fully saturated rings. The predicted molar refractivity (Wildman–Crippen MR) is 94.8 cm³/mol. The van der Waals surface area contributed by atoms with Crippen LogP contribution in [0, 0.1) is 0 Å². The lowest BCUT2D eigenvalue weighted by Crippen LogP contribution is -2.03. The minimum atomic E-state index is 0.608. The number of hydrogen-bond donors (Lipinski definition) is 0. The van der Waals surface area contributed by atoms with Crippen LogP contribution in [0.15, 0.2) is 67.6 Å². The van der Waals surface area contributed by atoms with Gasteiger partial charge in [0.15, 0.2) is 5.82 Å². The highest BCUT2D eigenvalue weighted by atomic mass is 35.5. The van der Waals surface area contributed by atoms with E-state index in [-0.39, 0.29) is 0 Å². The van der Waals surface area contributed by atoms with Crippen molar-refractivity contribution in [1.82, 2.24) is 29.5 Å². The molecular weight excluding hydrogens is 336 g/mol. The second-order valence-electron chi connectivity index (χ2n) is 5.38. The van der Waals surface area contributed by atoms with Crippen LogP contribution in [0.25, 0.3) is 22.8 Å². The molecule has 3 heterocycles. The quantitative estimate of drug-likeness (QED) is 0.564. The fourth-order valence-corrected chi connectivity index (χ4v) is 2.60. The van der Waals surface area contributed by atoms with Gasteiger partial charge in [-0.15, -0.1) is 0 Å². The highest BCUT2D eigenvalue weighted by Crippen LogP contribution is 2.21. The molecule has 0 radical (unpaired) electrons. The average Bonchev–Trinajstić information content (AvgIpc) is 3.11. The van der Waals surface area contributed by atoms with Gasteiger partial charge >= 0.3 is 0 Å². The molecule has 0 N–H and O–H groups in total. The Morgan fingerprint density at radius 2 is 1.64 bits per heavy atom. The number of benzene rings is 1. The summed E-state index contributed by atoms with van der Waals surface area (Å²) in [5, 5.41) is 0.687. The van der Waals surface area contributed by atoms with Gasteiger partial charge in [-0.3, -0.25) is 0 Å². The lowest BCUT2D eigenvalue weighted by molar-refractivity contribution is 0.776. The van der Waals surface area contributed by atoms with Crippen molar-refractivity contribution in [3.8, 4) is 22.8 Å². The first-order chi connectivity index (χ1) is 12.3. The molecule has 0 atom stereocenters. The van der Waals surface area contributed by atoms with E-state index in [9.17, 15) is 0 Å². The molecule has 0 unspecified atom stereocenters. The molecule has 0 bridgehead atoms. The molecule has 0 amide bonds. The predicted octanol–water partition coefficient (Wildman–Crippen LogP) is 3.50. The largest absolute Gasteiger partial charge is 0.325 e. The molecule has 3 aromatic heterocycles. The molecule has 7 heteroatoms. The summed E-state index contributed by atoms with van der Waals surface area (Å²) in [5.74, 6) is 1.44. The van der Waals surface area contributed by atoms with Crippen molar-refractivity contribution in [3.05, 3.63) is 78.4 Å². The number of hydrogen-bond acceptors (Lipinski definition) is 5. The Labute approximate surface area is 149 Å². The minimum absolute atomic E-state index is 0.608. The van der Waals surface area contributed by atoms with Gasteiger partial charge in [-0.1, -0.05) is 11.6 Å². The van der Waals surface area contributed by atoms with Crippen molar-refractivity contribution in [1.29, 1.82) is 0 Å². The zero-order valence-electron chi connectivity index (χ0n) is 13.1. The first-order valence-corrected chi connectivity index (χ1v) is 8.02. The van der Waals surface area contributed by atoms with Crippen LogP contribution >= 0.6 is 11.6 Å². The van der Waals surface area contributed by atoms with E-state index in [0.717, 1.165) is 22.6 Å². The summed E-state index contributed by atoms with van der Waals surface area (Å²) < 4.78 is 2.00. The molecule has 4 aromatic rings. The fourth-order valence-electron chi connectivity index (χ4n) is 2.47. The number of aromatic nitrogens is 6. The van der Waals surface area contributed by atoms with E-state index in [0.29, 0.717) is 17.4 Å². The summed E-state index contributed by atoms with van der Waals surface area (Å²) >= 11 is 5.91. The maximum absolute atomic E-state index is 5.91. The SMILES string of the molecule is Clc1ccc(-c2ncc(-c3nccn3Cc3ccncn3)cn2)cc1. The Kier molecular flexibility index (Phi) is 4.18. The average molecular weight is 349 g/mol. The van der Waals surface area contributed by atoms with Crippen LogP contribution in [0.5, 0.6) is 0 Å². The molecule has 6 nitrogen and oxygen atoms in total. The van der Waals surface area contributed by atoms with E-state index in [2.05, 4.69) is 24.9 Å². The van der Waals surface area contributed by atoms with Gasteiger partial charge in [-0.25, -0.2) is 24.9 Å². The topological polar surface area (TPSA) is 69.4 Å². The second-order valence-corrected chi connectivity index (χ2v) is 5.82.